The third-order valence-electron chi connectivity index (χ3n) is 6.37. The fourth-order valence-electron chi connectivity index (χ4n) is 4.44. The van der Waals surface area contributed by atoms with E-state index in [0.29, 0.717) is 24.8 Å². The fourth-order valence-corrected chi connectivity index (χ4v) is 4.44. The smallest absolute Gasteiger partial charge is 0.319 e. The predicted octanol–water partition coefficient (Wildman–Crippen LogP) is 2.99. The largest absolute Gasteiger partial charge is 0.497 e. The van der Waals surface area contributed by atoms with Gasteiger partial charge in [0.2, 0.25) is 5.95 Å². The van der Waals surface area contributed by atoms with Crippen LogP contribution in [0.4, 0.5) is 22.1 Å². The molecule has 2 amide bonds. The van der Waals surface area contributed by atoms with E-state index in [0.717, 1.165) is 22.7 Å². The first-order valence-electron chi connectivity index (χ1n) is 11.8. The van der Waals surface area contributed by atoms with Gasteiger partial charge in [0.15, 0.2) is 0 Å². The molecule has 10 nitrogen and oxygen atoms in total. The van der Waals surface area contributed by atoms with Crippen molar-refractivity contribution < 1.29 is 19.0 Å². The maximum atomic E-state index is 12.5. The van der Waals surface area contributed by atoms with Gasteiger partial charge in [0.25, 0.3) is 0 Å². The Kier molecular flexibility index (Phi) is 6.88. The summed E-state index contributed by atoms with van der Waals surface area (Å²) in [5, 5.41) is 9.14. The van der Waals surface area contributed by atoms with Gasteiger partial charge in [-0.2, -0.15) is 0 Å². The minimum absolute atomic E-state index is 0.127. The third kappa shape index (κ3) is 5.19. The maximum Gasteiger partial charge on any atom is 0.319 e. The average molecular weight is 491 g/mol. The molecule has 0 saturated carbocycles. The van der Waals surface area contributed by atoms with Crippen molar-refractivity contribution in [1.29, 1.82) is 0 Å². The van der Waals surface area contributed by atoms with E-state index in [-0.39, 0.29) is 30.3 Å². The predicted molar refractivity (Wildman–Crippen MR) is 138 cm³/mol. The van der Waals surface area contributed by atoms with Crippen molar-refractivity contribution in [2.45, 2.75) is 24.3 Å². The van der Waals surface area contributed by atoms with Gasteiger partial charge in [-0.25, -0.2) is 14.8 Å². The minimum atomic E-state index is -0.314. The van der Waals surface area contributed by atoms with Gasteiger partial charge in [-0.3, -0.25) is 0 Å². The van der Waals surface area contributed by atoms with Crippen LogP contribution in [-0.2, 0) is 9.47 Å². The molecule has 2 aliphatic rings. The Morgan fingerprint density at radius 2 is 1.67 bits per heavy atom. The number of rotatable bonds is 7. The highest BCUT2D eigenvalue weighted by Crippen LogP contribution is 2.29. The first-order chi connectivity index (χ1) is 17.5. The highest BCUT2D eigenvalue weighted by molar-refractivity contribution is 5.89. The van der Waals surface area contributed by atoms with Gasteiger partial charge in [-0.15, -0.1) is 0 Å². The topological polar surface area (TPSA) is 110 Å². The van der Waals surface area contributed by atoms with Crippen molar-refractivity contribution in [1.82, 2.24) is 15.3 Å². The highest BCUT2D eigenvalue weighted by Gasteiger charge is 2.48. The van der Waals surface area contributed by atoms with Gasteiger partial charge >= 0.3 is 6.03 Å². The zero-order valence-electron chi connectivity index (χ0n) is 20.5. The number of carbonyl (C=O) groups excluding carboxylic acids is 1. The number of anilines is 3. The van der Waals surface area contributed by atoms with Gasteiger partial charge in [0, 0.05) is 37.2 Å². The standard InChI is InChI=1S/C26H30N6O4/c1-32(2)18-8-4-16(5-9-18)20-12-13-27-25(29-20)30-21-14-35-24-22(15-36-23(21)24)31-26(33)28-17-6-10-19(34-3)11-7-17/h4-13,21-24H,14-15H2,1-3H3,(H,27,29,30)(H2,28,31,33)/t21-,22-,23+,24+/m0/s1. The number of nitrogens with one attached hydrogen (secondary N) is 3. The molecule has 3 N–H and O–H groups in total. The second kappa shape index (κ2) is 10.4. The van der Waals surface area contributed by atoms with Crippen LogP contribution in [0.3, 0.4) is 0 Å². The van der Waals surface area contributed by atoms with E-state index in [9.17, 15) is 4.79 Å². The van der Waals surface area contributed by atoms with E-state index in [2.05, 4.69) is 43.0 Å². The lowest BCUT2D eigenvalue weighted by Crippen LogP contribution is -2.46. The van der Waals surface area contributed by atoms with Crippen LogP contribution in [0.5, 0.6) is 5.75 Å². The molecule has 3 aromatic rings. The number of nitrogens with zero attached hydrogens (tertiary/aromatic N) is 3. The summed E-state index contributed by atoms with van der Waals surface area (Å²) < 4.78 is 17.1. The normalized spacial score (nSPS) is 22.5. The van der Waals surface area contributed by atoms with Crippen molar-refractivity contribution in [3.05, 3.63) is 60.8 Å². The Hall–Kier alpha value is -3.89. The summed E-state index contributed by atoms with van der Waals surface area (Å²) in [6.07, 6.45) is 1.26. The number of amides is 2. The van der Waals surface area contributed by atoms with Gasteiger partial charge < -0.3 is 35.1 Å². The average Bonchev–Trinajstić information content (AvgIpc) is 3.48. The molecule has 1 aromatic heterocycles. The minimum Gasteiger partial charge on any atom is -0.497 e. The fraction of sp³-hybridized carbons (Fsp3) is 0.346. The van der Waals surface area contributed by atoms with Crippen LogP contribution in [0.2, 0.25) is 0 Å². The van der Waals surface area contributed by atoms with Crippen molar-refractivity contribution >= 4 is 23.4 Å². The number of urea groups is 1. The molecule has 2 aromatic carbocycles. The van der Waals surface area contributed by atoms with Gasteiger partial charge in [-0.05, 0) is 42.5 Å². The molecular weight excluding hydrogens is 460 g/mol. The molecular formula is C26H30N6O4. The summed E-state index contributed by atoms with van der Waals surface area (Å²) in [6, 6.07) is 16.5. The quantitative estimate of drug-likeness (QED) is 0.464. The molecule has 36 heavy (non-hydrogen) atoms. The van der Waals surface area contributed by atoms with Gasteiger partial charge in [0.1, 0.15) is 18.0 Å². The molecule has 0 spiro atoms. The van der Waals surface area contributed by atoms with Crippen LogP contribution in [0, 0.1) is 0 Å². The highest BCUT2D eigenvalue weighted by atomic mass is 16.6. The number of benzene rings is 2. The van der Waals surface area contributed by atoms with Crippen LogP contribution >= 0.6 is 0 Å². The number of hydrogen-bond donors (Lipinski definition) is 3. The van der Waals surface area contributed by atoms with Crippen LogP contribution in [0.25, 0.3) is 11.3 Å². The SMILES string of the molecule is COc1ccc(NC(=O)N[C@H]2CO[C@H]3[C@@H]2OC[C@@H]3Nc2nccc(-c3ccc(N(C)C)cc3)n2)cc1. The van der Waals surface area contributed by atoms with Crippen molar-refractivity contribution in [3.8, 4) is 17.0 Å². The lowest BCUT2D eigenvalue weighted by atomic mass is 10.1. The molecule has 4 atom stereocenters. The van der Waals surface area contributed by atoms with E-state index in [1.807, 2.05) is 32.3 Å². The van der Waals surface area contributed by atoms with E-state index >= 15 is 0 Å². The number of aromatic nitrogens is 2. The van der Waals surface area contributed by atoms with Crippen molar-refractivity contribution in [3.63, 3.8) is 0 Å². The number of fused-ring (bicyclic) bond motifs is 1. The van der Waals surface area contributed by atoms with E-state index in [1.165, 1.54) is 0 Å². The summed E-state index contributed by atoms with van der Waals surface area (Å²) in [6.45, 7) is 0.793. The molecule has 2 saturated heterocycles. The second-order valence-corrected chi connectivity index (χ2v) is 8.99. The van der Waals surface area contributed by atoms with Crippen LogP contribution in [0.1, 0.15) is 0 Å². The number of carbonyl (C=O) groups is 1. The first-order valence-corrected chi connectivity index (χ1v) is 11.8. The molecule has 0 bridgehead atoms. The lowest BCUT2D eigenvalue weighted by molar-refractivity contribution is 0.0683. The first kappa shape index (κ1) is 23.8. The summed E-state index contributed by atoms with van der Waals surface area (Å²) in [5.74, 6) is 1.23. The Morgan fingerprint density at radius 3 is 2.36 bits per heavy atom. The third-order valence-corrected chi connectivity index (χ3v) is 6.37. The number of hydrogen-bond acceptors (Lipinski definition) is 8. The Morgan fingerprint density at radius 1 is 0.972 bits per heavy atom. The Labute approximate surface area is 210 Å². The molecule has 3 heterocycles. The molecule has 10 heteroatoms. The lowest BCUT2D eigenvalue weighted by Gasteiger charge is -2.19. The van der Waals surface area contributed by atoms with E-state index in [1.54, 1.807) is 37.6 Å². The maximum absolute atomic E-state index is 12.5. The van der Waals surface area contributed by atoms with Gasteiger partial charge in [-0.1, -0.05) is 12.1 Å². The number of methoxy groups -OCH3 is 1. The van der Waals surface area contributed by atoms with Crippen molar-refractivity contribution in [2.75, 3.05) is 50.0 Å². The molecule has 2 fully saturated rings. The molecule has 0 radical (unpaired) electrons. The summed E-state index contributed by atoms with van der Waals surface area (Å²) in [7, 11) is 5.62. The van der Waals surface area contributed by atoms with Gasteiger partial charge in [0.05, 0.1) is 38.1 Å². The number of ether oxygens (including phenoxy) is 3. The summed E-state index contributed by atoms with van der Waals surface area (Å²) in [5.41, 5.74) is 3.63. The summed E-state index contributed by atoms with van der Waals surface area (Å²) in [4.78, 5) is 23.6. The van der Waals surface area contributed by atoms with Crippen molar-refractivity contribution in [2.24, 2.45) is 0 Å². The molecule has 0 aliphatic carbocycles. The Bertz CT molecular complexity index is 1190. The van der Waals surface area contributed by atoms with Crippen LogP contribution < -0.4 is 25.6 Å². The monoisotopic (exact) mass is 490 g/mol. The second-order valence-electron chi connectivity index (χ2n) is 8.99. The summed E-state index contributed by atoms with van der Waals surface area (Å²) >= 11 is 0. The van der Waals surface area contributed by atoms with Crippen LogP contribution in [0.15, 0.2) is 60.8 Å². The van der Waals surface area contributed by atoms with E-state index < -0.39 is 0 Å². The molecule has 0 unspecified atom stereocenters. The molecule has 5 rings (SSSR count). The zero-order chi connectivity index (χ0) is 25.1. The van der Waals surface area contributed by atoms with Crippen LogP contribution in [-0.4, -0.2) is 74.7 Å². The Balaban J connectivity index is 1.18. The molecule has 2 aliphatic heterocycles. The molecule has 188 valence electrons. The van der Waals surface area contributed by atoms with E-state index in [4.69, 9.17) is 14.2 Å². The zero-order valence-corrected chi connectivity index (χ0v) is 20.5.